The third-order valence-corrected chi connectivity index (χ3v) is 2.72. The Morgan fingerprint density at radius 3 is 3.12 bits per heavy atom. The van der Waals surface area contributed by atoms with Crippen molar-refractivity contribution in [1.82, 2.24) is 19.5 Å². The number of fused-ring (bicyclic) bond motifs is 1. The molecule has 0 saturated heterocycles. The molecule has 7 nitrogen and oxygen atoms in total. The van der Waals surface area contributed by atoms with Crippen molar-refractivity contribution < 1.29 is 9.90 Å². The second-order valence-electron chi connectivity index (χ2n) is 3.58. The Bertz CT molecular complexity index is 605. The van der Waals surface area contributed by atoms with Gasteiger partial charge in [-0.3, -0.25) is 4.79 Å². The lowest BCUT2D eigenvalue weighted by Gasteiger charge is -2.07. The molecule has 0 spiro atoms. The van der Waals surface area contributed by atoms with Crippen LogP contribution in [0.15, 0.2) is 12.7 Å². The lowest BCUT2D eigenvalue weighted by atomic mass is 10.2. The number of aliphatic carboxylic acids is 1. The van der Waals surface area contributed by atoms with Gasteiger partial charge in [-0.1, -0.05) is 12.2 Å². The van der Waals surface area contributed by atoms with Crippen LogP contribution in [0.5, 0.6) is 0 Å². The van der Waals surface area contributed by atoms with Crippen LogP contribution < -0.4 is 5.73 Å². The molecule has 2 aromatic heterocycles. The number of imidazole rings is 1. The van der Waals surface area contributed by atoms with Gasteiger partial charge in [0.1, 0.15) is 17.2 Å². The molecule has 1 unspecified atom stereocenters. The highest BCUT2D eigenvalue weighted by atomic mass is 32.1. The second-order valence-corrected chi connectivity index (χ2v) is 3.96. The number of nitrogens with zero attached hydrogens (tertiary/aromatic N) is 3. The zero-order valence-electron chi connectivity index (χ0n) is 8.83. The number of carboxylic acid groups (broad SMARTS) is 1. The van der Waals surface area contributed by atoms with Crippen LogP contribution >= 0.6 is 12.2 Å². The van der Waals surface area contributed by atoms with Crippen molar-refractivity contribution in [1.29, 1.82) is 0 Å². The van der Waals surface area contributed by atoms with Crippen molar-refractivity contribution in [2.75, 3.05) is 0 Å². The van der Waals surface area contributed by atoms with E-state index in [0.29, 0.717) is 23.1 Å². The highest BCUT2D eigenvalue weighted by molar-refractivity contribution is 7.71. The van der Waals surface area contributed by atoms with Crippen LogP contribution in [0.2, 0.25) is 0 Å². The van der Waals surface area contributed by atoms with Gasteiger partial charge in [0.2, 0.25) is 0 Å². The maximum absolute atomic E-state index is 10.6. The van der Waals surface area contributed by atoms with E-state index in [-0.39, 0.29) is 0 Å². The molecule has 0 saturated carbocycles. The predicted octanol–water partition coefficient (Wildman–Crippen LogP) is 0.291. The Labute approximate surface area is 101 Å². The summed E-state index contributed by atoms with van der Waals surface area (Å²) >= 11 is 5.02. The smallest absolute Gasteiger partial charge is 0.320 e. The molecule has 0 radical (unpaired) electrons. The van der Waals surface area contributed by atoms with Gasteiger partial charge in [-0.15, -0.1) is 0 Å². The van der Waals surface area contributed by atoms with Crippen molar-refractivity contribution in [3.05, 3.63) is 17.3 Å². The molecule has 0 aliphatic rings. The highest BCUT2D eigenvalue weighted by Crippen LogP contribution is 2.10. The molecule has 0 bridgehead atoms. The van der Waals surface area contributed by atoms with Crippen LogP contribution in [0, 0.1) is 4.64 Å². The summed E-state index contributed by atoms with van der Waals surface area (Å²) in [6.07, 6.45) is 3.40. The van der Waals surface area contributed by atoms with Crippen LogP contribution in [0.4, 0.5) is 0 Å². The minimum Gasteiger partial charge on any atom is -0.480 e. The molecule has 4 N–H and O–H groups in total. The second kappa shape index (κ2) is 4.60. The lowest BCUT2D eigenvalue weighted by molar-refractivity contribution is -0.138. The largest absolute Gasteiger partial charge is 0.480 e. The lowest BCUT2D eigenvalue weighted by Crippen LogP contribution is -2.31. The Morgan fingerprint density at radius 1 is 1.65 bits per heavy atom. The first-order valence-corrected chi connectivity index (χ1v) is 5.37. The number of aryl methyl sites for hydroxylation is 1. The maximum atomic E-state index is 10.6. The number of H-pyrrole nitrogens is 1. The summed E-state index contributed by atoms with van der Waals surface area (Å²) in [7, 11) is 0. The highest BCUT2D eigenvalue weighted by Gasteiger charge is 2.12. The molecule has 2 heterocycles. The number of rotatable bonds is 4. The van der Waals surface area contributed by atoms with Gasteiger partial charge in [-0.05, 0) is 6.42 Å². The fourth-order valence-corrected chi connectivity index (χ4v) is 1.68. The minimum atomic E-state index is -1.01. The van der Waals surface area contributed by atoms with E-state index in [9.17, 15) is 4.79 Å². The van der Waals surface area contributed by atoms with Crippen molar-refractivity contribution in [2.24, 2.45) is 5.73 Å². The van der Waals surface area contributed by atoms with Crippen molar-refractivity contribution >= 4 is 29.4 Å². The number of carbonyl (C=O) groups is 1. The van der Waals surface area contributed by atoms with Crippen molar-refractivity contribution in [3.8, 4) is 0 Å². The van der Waals surface area contributed by atoms with Gasteiger partial charge in [-0.25, -0.2) is 9.97 Å². The van der Waals surface area contributed by atoms with Gasteiger partial charge in [0.25, 0.3) is 0 Å². The molecule has 90 valence electrons. The topological polar surface area (TPSA) is 110 Å². The monoisotopic (exact) mass is 253 g/mol. The molecule has 0 aromatic carbocycles. The first-order chi connectivity index (χ1) is 8.09. The van der Waals surface area contributed by atoms with Crippen LogP contribution in [-0.2, 0) is 11.3 Å². The summed E-state index contributed by atoms with van der Waals surface area (Å²) in [6, 6.07) is -0.878. The van der Waals surface area contributed by atoms with Crippen LogP contribution in [-0.4, -0.2) is 36.6 Å². The first kappa shape index (κ1) is 11.7. The summed E-state index contributed by atoms with van der Waals surface area (Å²) in [6.45, 7) is 0.458. The number of aromatic nitrogens is 4. The van der Waals surface area contributed by atoms with Gasteiger partial charge in [0.15, 0.2) is 4.64 Å². The normalized spacial score (nSPS) is 12.8. The molecule has 1 atom stereocenters. The average molecular weight is 253 g/mol. The van der Waals surface area contributed by atoms with E-state index in [0.717, 1.165) is 5.65 Å². The van der Waals surface area contributed by atoms with Gasteiger partial charge in [-0.2, -0.15) is 0 Å². The van der Waals surface area contributed by atoms with Crippen LogP contribution in [0.25, 0.3) is 11.2 Å². The third-order valence-electron chi connectivity index (χ3n) is 2.42. The van der Waals surface area contributed by atoms with Crippen LogP contribution in [0.3, 0.4) is 0 Å². The Balaban J connectivity index is 2.23. The number of carboxylic acids is 1. The molecular weight excluding hydrogens is 242 g/mol. The number of hydrogen-bond donors (Lipinski definition) is 3. The Kier molecular flexibility index (Phi) is 3.16. The van der Waals surface area contributed by atoms with E-state index in [2.05, 4.69) is 15.0 Å². The van der Waals surface area contributed by atoms with Crippen LogP contribution in [0.1, 0.15) is 6.42 Å². The Morgan fingerprint density at radius 2 is 2.41 bits per heavy atom. The third kappa shape index (κ3) is 2.32. The first-order valence-electron chi connectivity index (χ1n) is 4.96. The average Bonchev–Trinajstić information content (AvgIpc) is 2.70. The molecule has 0 aliphatic carbocycles. The molecule has 2 rings (SSSR count). The minimum absolute atomic E-state index is 0.323. The molecular formula is C9H11N5O2S. The zero-order valence-corrected chi connectivity index (χ0v) is 9.65. The fraction of sp³-hybridized carbons (Fsp3) is 0.333. The van der Waals surface area contributed by atoms with E-state index in [4.69, 9.17) is 23.1 Å². The van der Waals surface area contributed by atoms with E-state index in [1.165, 1.54) is 6.33 Å². The summed E-state index contributed by atoms with van der Waals surface area (Å²) in [5.41, 5.74) is 6.76. The van der Waals surface area contributed by atoms with Crippen molar-refractivity contribution in [3.63, 3.8) is 0 Å². The molecule has 17 heavy (non-hydrogen) atoms. The molecule has 0 aliphatic heterocycles. The Hall–Kier alpha value is -1.80. The van der Waals surface area contributed by atoms with E-state index in [1.807, 2.05) is 0 Å². The number of nitrogens with two attached hydrogens (primary N) is 1. The molecule has 0 fully saturated rings. The van der Waals surface area contributed by atoms with Gasteiger partial charge in [0, 0.05) is 6.54 Å². The maximum Gasteiger partial charge on any atom is 0.320 e. The van der Waals surface area contributed by atoms with Crippen molar-refractivity contribution in [2.45, 2.75) is 19.0 Å². The SMILES string of the molecule is NC(CCn1cnc2c(=S)nc[nH]c21)C(=O)O. The van der Waals surface area contributed by atoms with Gasteiger partial charge >= 0.3 is 5.97 Å². The zero-order chi connectivity index (χ0) is 12.4. The fourth-order valence-electron chi connectivity index (χ4n) is 1.47. The molecule has 0 amide bonds. The van der Waals surface area contributed by atoms with Gasteiger partial charge in [0.05, 0.1) is 12.7 Å². The molecule has 2 aromatic rings. The number of aromatic amines is 1. The summed E-state index contributed by atoms with van der Waals surface area (Å²) < 4.78 is 2.19. The van der Waals surface area contributed by atoms with E-state index < -0.39 is 12.0 Å². The number of hydrogen-bond acceptors (Lipinski definition) is 5. The van der Waals surface area contributed by atoms with Gasteiger partial charge < -0.3 is 20.4 Å². The standard InChI is InChI=1S/C9H11N5O2S/c10-5(9(15)16)1-2-14-4-13-6-7(14)11-3-12-8(6)17/h3-5H,1-2,10H2,(H,15,16)(H,11,12,17). The summed E-state index contributed by atoms with van der Waals surface area (Å²) in [4.78, 5) is 21.5. The summed E-state index contributed by atoms with van der Waals surface area (Å²) in [5, 5.41) is 8.68. The summed E-state index contributed by atoms with van der Waals surface area (Å²) in [5.74, 6) is -1.01. The predicted molar refractivity (Wildman–Crippen MR) is 62.9 cm³/mol. The van der Waals surface area contributed by atoms with E-state index >= 15 is 0 Å². The quantitative estimate of drug-likeness (QED) is 0.675. The molecule has 8 heteroatoms. The van der Waals surface area contributed by atoms with E-state index in [1.54, 1.807) is 10.9 Å². The number of nitrogens with one attached hydrogen (secondary N) is 1.